The molecule has 0 amide bonds. The van der Waals surface area contributed by atoms with Gasteiger partial charge in [0.1, 0.15) is 29.0 Å². The number of nitrogen functional groups attached to an aromatic ring is 1. The third kappa shape index (κ3) is 3.41. The first-order valence-corrected chi connectivity index (χ1v) is 9.25. The van der Waals surface area contributed by atoms with Gasteiger partial charge in [0.25, 0.3) is 0 Å². The minimum atomic E-state index is -0.346. The summed E-state index contributed by atoms with van der Waals surface area (Å²) in [6.07, 6.45) is 6.34. The van der Waals surface area contributed by atoms with Gasteiger partial charge in [-0.2, -0.15) is 4.98 Å². The van der Waals surface area contributed by atoms with Crippen LogP contribution in [-0.4, -0.2) is 15.7 Å². The van der Waals surface area contributed by atoms with Crippen molar-refractivity contribution in [1.29, 1.82) is 0 Å². The Morgan fingerprint density at radius 3 is 3.00 bits per heavy atom. The predicted molar refractivity (Wildman–Crippen MR) is 102 cm³/mol. The van der Waals surface area contributed by atoms with E-state index in [1.54, 1.807) is 29.8 Å². The summed E-state index contributed by atoms with van der Waals surface area (Å²) in [5, 5.41) is 0. The van der Waals surface area contributed by atoms with Crippen molar-refractivity contribution in [3.63, 3.8) is 0 Å². The average Bonchev–Trinajstić information content (AvgIpc) is 2.62. The van der Waals surface area contributed by atoms with Crippen molar-refractivity contribution in [2.45, 2.75) is 45.8 Å². The molecule has 7 nitrogen and oxygen atoms in total. The van der Waals surface area contributed by atoms with Gasteiger partial charge in [-0.3, -0.25) is 4.57 Å². The first-order valence-electron chi connectivity index (χ1n) is 9.25. The Balaban J connectivity index is 1.50. The molecule has 7 heteroatoms. The fourth-order valence-corrected chi connectivity index (χ4v) is 4.06. The Kier molecular flexibility index (Phi) is 4.37. The quantitative estimate of drug-likeness (QED) is 0.891. The maximum absolute atomic E-state index is 12.1. The minimum Gasteiger partial charge on any atom is -0.485 e. The number of anilines is 1. The maximum atomic E-state index is 12.1. The van der Waals surface area contributed by atoms with E-state index in [4.69, 9.17) is 14.9 Å². The average molecular weight is 369 g/mol. The van der Waals surface area contributed by atoms with Crippen LogP contribution in [0.3, 0.4) is 0 Å². The van der Waals surface area contributed by atoms with E-state index in [0.29, 0.717) is 35.5 Å². The molecule has 0 saturated heterocycles. The molecule has 2 aromatic rings. The number of hydrogen-bond donors (Lipinski definition) is 1. The summed E-state index contributed by atoms with van der Waals surface area (Å²) in [5.41, 5.74) is 6.55. The maximum Gasteiger partial charge on any atom is 0.349 e. The van der Waals surface area contributed by atoms with E-state index in [9.17, 15) is 9.59 Å². The lowest BCUT2D eigenvalue weighted by Crippen LogP contribution is -2.35. The zero-order valence-corrected chi connectivity index (χ0v) is 15.5. The third-order valence-corrected chi connectivity index (χ3v) is 5.59. The Labute approximate surface area is 156 Å². The highest BCUT2D eigenvalue weighted by Gasteiger charge is 2.34. The van der Waals surface area contributed by atoms with Gasteiger partial charge < -0.3 is 14.9 Å². The van der Waals surface area contributed by atoms with Gasteiger partial charge in [0.15, 0.2) is 0 Å². The number of fused-ring (bicyclic) bond motifs is 2. The largest absolute Gasteiger partial charge is 0.485 e. The summed E-state index contributed by atoms with van der Waals surface area (Å²) < 4.78 is 12.9. The molecule has 3 atom stereocenters. The summed E-state index contributed by atoms with van der Waals surface area (Å²) in [7, 11) is 0. The lowest BCUT2D eigenvalue weighted by molar-refractivity contribution is 0.135. The molecule has 1 aliphatic carbocycles. The Bertz CT molecular complexity index is 1020. The summed E-state index contributed by atoms with van der Waals surface area (Å²) in [6, 6.07) is 3.42. The van der Waals surface area contributed by atoms with E-state index >= 15 is 0 Å². The Morgan fingerprint density at radius 1 is 1.41 bits per heavy atom. The van der Waals surface area contributed by atoms with Crippen molar-refractivity contribution in [3.05, 3.63) is 56.1 Å². The molecule has 0 radical (unpaired) electrons. The van der Waals surface area contributed by atoms with Gasteiger partial charge in [-0.15, -0.1) is 0 Å². The zero-order chi connectivity index (χ0) is 19.1. The van der Waals surface area contributed by atoms with Gasteiger partial charge in [-0.05, 0) is 55.7 Å². The molecule has 27 heavy (non-hydrogen) atoms. The van der Waals surface area contributed by atoms with Crippen LogP contribution in [0.25, 0.3) is 6.08 Å². The summed E-state index contributed by atoms with van der Waals surface area (Å²) in [4.78, 5) is 27.8. The summed E-state index contributed by atoms with van der Waals surface area (Å²) >= 11 is 0. The van der Waals surface area contributed by atoms with Gasteiger partial charge in [0.05, 0.1) is 0 Å². The number of aromatic nitrogens is 2. The lowest BCUT2D eigenvalue weighted by atomic mass is 9.76. The van der Waals surface area contributed by atoms with Gasteiger partial charge in [0.2, 0.25) is 0 Å². The monoisotopic (exact) mass is 369 g/mol. The molecule has 0 spiro atoms. The van der Waals surface area contributed by atoms with Crippen LogP contribution in [-0.2, 0) is 6.54 Å². The Morgan fingerprint density at radius 2 is 2.22 bits per heavy atom. The smallest absolute Gasteiger partial charge is 0.349 e. The number of aryl methyl sites for hydroxylation is 1. The number of hydrogen-bond acceptors (Lipinski definition) is 6. The molecule has 4 rings (SSSR count). The number of ether oxygens (including phenoxy) is 1. The van der Waals surface area contributed by atoms with Crippen LogP contribution < -0.4 is 21.8 Å². The van der Waals surface area contributed by atoms with Crippen LogP contribution in [0, 0.1) is 18.8 Å². The van der Waals surface area contributed by atoms with Crippen LogP contribution in [0.2, 0.25) is 0 Å². The first kappa shape index (κ1) is 17.6. The molecule has 1 saturated carbocycles. The van der Waals surface area contributed by atoms with Gasteiger partial charge in [0, 0.05) is 18.8 Å². The predicted octanol–water partition coefficient (Wildman–Crippen LogP) is 2.37. The minimum absolute atomic E-state index is 0.0267. The normalized spacial score (nSPS) is 22.2. The van der Waals surface area contributed by atoms with Crippen LogP contribution >= 0.6 is 0 Å². The molecule has 2 aromatic heterocycles. The Hall–Kier alpha value is -2.83. The first-order chi connectivity index (χ1) is 12.9. The standard InChI is InChI=1S/C20H23N3O4/c1-11(10-23-6-5-18(21)22-20(23)25)13-3-4-14-8-15-17(27-16(14)9-13)7-12(2)26-19(15)24/h5-8,11,13,16H,3-4,9-10H2,1-2H3,(H2,21,22,25)/t11?,13-,16-/m0/s1. The van der Waals surface area contributed by atoms with Crippen molar-refractivity contribution >= 4 is 11.9 Å². The van der Waals surface area contributed by atoms with E-state index in [1.165, 1.54) is 0 Å². The number of rotatable bonds is 3. The molecular weight excluding hydrogens is 346 g/mol. The number of nitrogens with two attached hydrogens (primary N) is 1. The molecule has 1 aliphatic heterocycles. The van der Waals surface area contributed by atoms with Crippen LogP contribution in [0.4, 0.5) is 5.82 Å². The summed E-state index contributed by atoms with van der Waals surface area (Å²) in [5.74, 6) is 2.10. The van der Waals surface area contributed by atoms with E-state index in [2.05, 4.69) is 11.9 Å². The SMILES string of the molecule is Cc1cc2c(c(=O)o1)C=C1CC[C@H](C(C)Cn3ccc(N)nc3=O)C[C@@H]1O2. The topological polar surface area (TPSA) is 100 Å². The van der Waals surface area contributed by atoms with Crippen LogP contribution in [0.1, 0.15) is 37.5 Å². The van der Waals surface area contributed by atoms with Crippen LogP contribution in [0.5, 0.6) is 5.75 Å². The summed E-state index contributed by atoms with van der Waals surface area (Å²) in [6.45, 7) is 4.49. The highest BCUT2D eigenvalue weighted by atomic mass is 16.5. The highest BCUT2D eigenvalue weighted by molar-refractivity contribution is 5.62. The second-order valence-corrected chi connectivity index (χ2v) is 7.55. The van der Waals surface area contributed by atoms with Gasteiger partial charge in [-0.1, -0.05) is 6.92 Å². The molecule has 142 valence electrons. The molecule has 0 aromatic carbocycles. The van der Waals surface area contributed by atoms with E-state index < -0.39 is 0 Å². The fourth-order valence-electron chi connectivity index (χ4n) is 4.06. The van der Waals surface area contributed by atoms with Gasteiger partial charge >= 0.3 is 11.3 Å². The van der Waals surface area contributed by atoms with E-state index in [1.807, 2.05) is 6.08 Å². The fraction of sp³-hybridized carbons (Fsp3) is 0.450. The highest BCUT2D eigenvalue weighted by Crippen LogP contribution is 2.40. The van der Waals surface area contributed by atoms with Crippen molar-refractivity contribution in [3.8, 4) is 5.75 Å². The van der Waals surface area contributed by atoms with E-state index in [0.717, 1.165) is 24.8 Å². The van der Waals surface area contributed by atoms with Crippen molar-refractivity contribution in [2.75, 3.05) is 5.73 Å². The molecule has 3 heterocycles. The van der Waals surface area contributed by atoms with Crippen molar-refractivity contribution < 1.29 is 9.15 Å². The molecule has 2 N–H and O–H groups in total. The lowest BCUT2D eigenvalue weighted by Gasteiger charge is -2.37. The molecule has 2 aliphatic rings. The van der Waals surface area contributed by atoms with Crippen molar-refractivity contribution in [2.24, 2.45) is 11.8 Å². The third-order valence-electron chi connectivity index (χ3n) is 5.59. The second kappa shape index (κ2) is 6.72. The van der Waals surface area contributed by atoms with Gasteiger partial charge in [-0.25, -0.2) is 9.59 Å². The molecule has 0 bridgehead atoms. The van der Waals surface area contributed by atoms with E-state index in [-0.39, 0.29) is 23.2 Å². The van der Waals surface area contributed by atoms with Crippen molar-refractivity contribution in [1.82, 2.24) is 9.55 Å². The zero-order valence-electron chi connectivity index (χ0n) is 15.5. The molecular formula is C20H23N3O4. The molecule has 1 unspecified atom stereocenters. The molecule has 1 fully saturated rings. The number of nitrogens with zero attached hydrogens (tertiary/aromatic N) is 2. The van der Waals surface area contributed by atoms with Crippen LogP contribution in [0.15, 0.2) is 37.9 Å². The second-order valence-electron chi connectivity index (χ2n) is 7.55.